The van der Waals surface area contributed by atoms with Crippen LogP contribution in [-0.4, -0.2) is 23.7 Å². The third-order valence-electron chi connectivity index (χ3n) is 2.52. The molecule has 1 amide bonds. The van der Waals surface area contributed by atoms with Gasteiger partial charge >= 0.3 is 6.16 Å². The Morgan fingerprint density at radius 1 is 1.53 bits per heavy atom. The summed E-state index contributed by atoms with van der Waals surface area (Å²) in [6.07, 6.45) is 2.57. The van der Waals surface area contributed by atoms with Crippen molar-refractivity contribution in [3.63, 3.8) is 0 Å². The zero-order valence-corrected chi connectivity index (χ0v) is 10.2. The fourth-order valence-corrected chi connectivity index (χ4v) is 1.29. The smallest absolute Gasteiger partial charge is 0.432 e. The van der Waals surface area contributed by atoms with Crippen LogP contribution in [0.5, 0.6) is 0 Å². The third-order valence-corrected chi connectivity index (χ3v) is 2.52. The predicted molar refractivity (Wildman–Crippen MR) is 61.7 cm³/mol. The van der Waals surface area contributed by atoms with Crippen LogP contribution in [0.15, 0.2) is 23.9 Å². The Kier molecular flexibility index (Phi) is 4.75. The average Bonchev–Trinajstić information content (AvgIpc) is 2.60. The molecule has 5 heteroatoms. The highest BCUT2D eigenvalue weighted by Gasteiger charge is 2.28. The maximum absolute atomic E-state index is 11.3. The first-order valence-corrected chi connectivity index (χ1v) is 5.52. The van der Waals surface area contributed by atoms with Crippen molar-refractivity contribution in [3.05, 3.63) is 23.9 Å². The molecule has 1 fully saturated rings. The van der Waals surface area contributed by atoms with Gasteiger partial charge in [-0.3, -0.25) is 9.63 Å². The van der Waals surface area contributed by atoms with Crippen LogP contribution in [-0.2, 0) is 14.4 Å². The van der Waals surface area contributed by atoms with E-state index in [1.54, 1.807) is 0 Å². The number of hydrogen-bond donors (Lipinski definition) is 0. The Balaban J connectivity index is 2.30. The van der Waals surface area contributed by atoms with Crippen LogP contribution in [0.4, 0.5) is 4.79 Å². The van der Waals surface area contributed by atoms with Gasteiger partial charge in [-0.1, -0.05) is 18.2 Å². The van der Waals surface area contributed by atoms with E-state index in [9.17, 15) is 9.59 Å². The van der Waals surface area contributed by atoms with Gasteiger partial charge in [-0.05, 0) is 20.3 Å². The van der Waals surface area contributed by atoms with Gasteiger partial charge in [-0.2, -0.15) is 0 Å². The summed E-state index contributed by atoms with van der Waals surface area (Å²) in [4.78, 5) is 27.3. The summed E-state index contributed by atoms with van der Waals surface area (Å²) in [6, 6.07) is 0. The van der Waals surface area contributed by atoms with E-state index in [-0.39, 0.29) is 12.5 Å². The molecule has 0 N–H and O–H groups in total. The van der Waals surface area contributed by atoms with Crippen LogP contribution < -0.4 is 0 Å². The topological polar surface area (TPSA) is 55.8 Å². The molecule has 0 aliphatic carbocycles. The molecule has 0 radical (unpaired) electrons. The zero-order valence-electron chi connectivity index (χ0n) is 10.2. The number of ether oxygens (including phenoxy) is 1. The first kappa shape index (κ1) is 13.3. The largest absolute Gasteiger partial charge is 0.533 e. The fourth-order valence-electron chi connectivity index (χ4n) is 1.29. The molecule has 0 aromatic carbocycles. The minimum atomic E-state index is -0.870. The number of allylic oxidation sites excluding steroid dienone is 2. The highest BCUT2D eigenvalue weighted by molar-refractivity contribution is 5.81. The van der Waals surface area contributed by atoms with E-state index in [4.69, 9.17) is 9.57 Å². The SMILES string of the molecule is C=C1CCC(=O)N1OC(=O)OCC/C(C)=C/C. The number of hydroxylamine groups is 2. The Hall–Kier alpha value is -1.78. The van der Waals surface area contributed by atoms with Gasteiger partial charge in [-0.15, -0.1) is 5.06 Å². The Bertz CT molecular complexity index is 344. The van der Waals surface area contributed by atoms with Crippen LogP contribution in [0, 0.1) is 0 Å². The summed E-state index contributed by atoms with van der Waals surface area (Å²) in [7, 11) is 0. The monoisotopic (exact) mass is 239 g/mol. The molecule has 17 heavy (non-hydrogen) atoms. The summed E-state index contributed by atoms with van der Waals surface area (Å²) in [5.41, 5.74) is 1.61. The standard InChI is InChI=1S/C12H17NO4/c1-4-9(2)7-8-16-12(15)17-13-10(3)5-6-11(13)14/h4H,3,5-8H2,1-2H3/b9-4+. The van der Waals surface area contributed by atoms with E-state index in [0.29, 0.717) is 25.0 Å². The molecule has 1 aliphatic rings. The maximum Gasteiger partial charge on any atom is 0.533 e. The molecule has 1 heterocycles. The molecule has 0 unspecified atom stereocenters. The van der Waals surface area contributed by atoms with Crippen molar-refractivity contribution >= 4 is 12.1 Å². The van der Waals surface area contributed by atoms with E-state index in [0.717, 1.165) is 10.6 Å². The van der Waals surface area contributed by atoms with Crippen LogP contribution in [0.1, 0.15) is 33.1 Å². The molecule has 94 valence electrons. The normalized spacial score (nSPS) is 16.4. The molecule has 0 aromatic heterocycles. The van der Waals surface area contributed by atoms with Gasteiger partial charge in [-0.25, -0.2) is 4.79 Å². The summed E-state index contributed by atoms with van der Waals surface area (Å²) in [5.74, 6) is -0.267. The van der Waals surface area contributed by atoms with Crippen LogP contribution in [0.3, 0.4) is 0 Å². The quantitative estimate of drug-likeness (QED) is 0.559. The Morgan fingerprint density at radius 2 is 2.24 bits per heavy atom. The second-order valence-electron chi connectivity index (χ2n) is 3.83. The maximum atomic E-state index is 11.3. The molecule has 0 saturated carbocycles. The van der Waals surface area contributed by atoms with Gasteiger partial charge in [0.2, 0.25) is 0 Å². The Labute approximate surface area is 101 Å². The van der Waals surface area contributed by atoms with Crippen LogP contribution in [0.25, 0.3) is 0 Å². The Morgan fingerprint density at radius 3 is 2.76 bits per heavy atom. The minimum Gasteiger partial charge on any atom is -0.432 e. The van der Waals surface area contributed by atoms with Gasteiger partial charge < -0.3 is 4.74 Å². The highest BCUT2D eigenvalue weighted by Crippen LogP contribution is 2.20. The number of carbonyl (C=O) groups excluding carboxylic acids is 2. The lowest BCUT2D eigenvalue weighted by atomic mass is 10.2. The molecule has 5 nitrogen and oxygen atoms in total. The highest BCUT2D eigenvalue weighted by atomic mass is 16.8. The molecule has 0 spiro atoms. The third kappa shape index (κ3) is 3.94. The summed E-state index contributed by atoms with van der Waals surface area (Å²) in [6.45, 7) is 7.73. The summed E-state index contributed by atoms with van der Waals surface area (Å²) >= 11 is 0. The predicted octanol–water partition coefficient (Wildman–Crippen LogP) is 2.55. The minimum absolute atomic E-state index is 0.240. The first-order chi connectivity index (χ1) is 8.04. The molecule has 1 aliphatic heterocycles. The van der Waals surface area contributed by atoms with Crippen molar-refractivity contribution in [2.75, 3.05) is 6.61 Å². The van der Waals surface area contributed by atoms with Gasteiger partial charge in [0.1, 0.15) is 0 Å². The van der Waals surface area contributed by atoms with Crippen molar-refractivity contribution in [3.8, 4) is 0 Å². The van der Waals surface area contributed by atoms with Gasteiger partial charge in [0.05, 0.1) is 12.3 Å². The number of amides is 1. The van der Waals surface area contributed by atoms with Crippen molar-refractivity contribution < 1.29 is 19.2 Å². The van der Waals surface area contributed by atoms with Crippen LogP contribution >= 0.6 is 0 Å². The number of nitrogens with zero attached hydrogens (tertiary/aromatic N) is 1. The van der Waals surface area contributed by atoms with E-state index in [1.165, 1.54) is 0 Å². The zero-order chi connectivity index (χ0) is 12.8. The van der Waals surface area contributed by atoms with Gasteiger partial charge in [0.25, 0.3) is 5.91 Å². The van der Waals surface area contributed by atoms with E-state index < -0.39 is 6.16 Å². The second kappa shape index (κ2) is 6.08. The fraction of sp³-hybridized carbons (Fsp3) is 0.500. The van der Waals surface area contributed by atoms with Gasteiger partial charge in [0.15, 0.2) is 0 Å². The van der Waals surface area contributed by atoms with E-state index in [2.05, 4.69) is 6.58 Å². The second-order valence-corrected chi connectivity index (χ2v) is 3.83. The molecule has 1 rings (SSSR count). The van der Waals surface area contributed by atoms with Gasteiger partial charge in [0, 0.05) is 12.8 Å². The van der Waals surface area contributed by atoms with Crippen molar-refractivity contribution in [2.45, 2.75) is 33.1 Å². The van der Waals surface area contributed by atoms with E-state index in [1.807, 2.05) is 19.9 Å². The molecule has 0 bridgehead atoms. The van der Waals surface area contributed by atoms with Crippen molar-refractivity contribution in [1.29, 1.82) is 0 Å². The number of carbonyl (C=O) groups is 2. The van der Waals surface area contributed by atoms with Crippen molar-refractivity contribution in [2.24, 2.45) is 0 Å². The lowest BCUT2D eigenvalue weighted by Crippen LogP contribution is -2.27. The lowest BCUT2D eigenvalue weighted by molar-refractivity contribution is -0.157. The first-order valence-electron chi connectivity index (χ1n) is 5.52. The number of hydrogen-bond acceptors (Lipinski definition) is 4. The molecule has 1 saturated heterocycles. The molecular weight excluding hydrogens is 222 g/mol. The van der Waals surface area contributed by atoms with Crippen LogP contribution in [0.2, 0.25) is 0 Å². The molecule has 0 aromatic rings. The molecular formula is C12H17NO4. The summed E-state index contributed by atoms with van der Waals surface area (Å²) < 4.78 is 4.84. The average molecular weight is 239 g/mol. The lowest BCUT2D eigenvalue weighted by Gasteiger charge is -2.15. The number of rotatable bonds is 4. The van der Waals surface area contributed by atoms with E-state index >= 15 is 0 Å². The summed E-state index contributed by atoms with van der Waals surface area (Å²) in [5, 5.41) is 0.908. The van der Waals surface area contributed by atoms with Crippen molar-refractivity contribution in [1.82, 2.24) is 5.06 Å². The molecule has 0 atom stereocenters.